The van der Waals surface area contributed by atoms with Crippen LogP contribution >= 0.6 is 0 Å². The molecule has 1 saturated carbocycles. The van der Waals surface area contributed by atoms with Crippen molar-refractivity contribution in [3.05, 3.63) is 17.5 Å². The molecule has 20 heavy (non-hydrogen) atoms. The van der Waals surface area contributed by atoms with E-state index in [0.29, 0.717) is 24.5 Å². The van der Waals surface area contributed by atoms with Crippen molar-refractivity contribution in [2.45, 2.75) is 45.1 Å². The van der Waals surface area contributed by atoms with Gasteiger partial charge < -0.3 is 10.4 Å². The van der Waals surface area contributed by atoms with Crippen LogP contribution in [0.15, 0.2) is 6.07 Å². The molecule has 0 aromatic carbocycles. The first-order valence-electron chi connectivity index (χ1n) is 6.72. The van der Waals surface area contributed by atoms with E-state index in [4.69, 9.17) is 5.26 Å². The third-order valence-corrected chi connectivity index (χ3v) is 3.86. The SMILES string of the molecule is Cc1cc(C#N)nc(NC2(C(=O)O)CCC(C)CC2)n1. The molecule has 2 N–H and O–H groups in total. The predicted octanol–water partition coefficient (Wildman–Crippen LogP) is 2.10. The fourth-order valence-corrected chi connectivity index (χ4v) is 2.54. The smallest absolute Gasteiger partial charge is 0.329 e. The first kappa shape index (κ1) is 14.3. The highest BCUT2D eigenvalue weighted by molar-refractivity contribution is 5.82. The molecule has 0 radical (unpaired) electrons. The zero-order chi connectivity index (χ0) is 14.8. The highest BCUT2D eigenvalue weighted by atomic mass is 16.4. The third kappa shape index (κ3) is 2.87. The zero-order valence-corrected chi connectivity index (χ0v) is 11.7. The van der Waals surface area contributed by atoms with Gasteiger partial charge in [-0.1, -0.05) is 6.92 Å². The minimum absolute atomic E-state index is 0.221. The van der Waals surface area contributed by atoms with Gasteiger partial charge in [0.1, 0.15) is 17.3 Å². The van der Waals surface area contributed by atoms with Gasteiger partial charge in [0.25, 0.3) is 0 Å². The fraction of sp³-hybridized carbons (Fsp3) is 0.571. The first-order valence-corrected chi connectivity index (χ1v) is 6.72. The van der Waals surface area contributed by atoms with E-state index in [9.17, 15) is 9.90 Å². The van der Waals surface area contributed by atoms with Gasteiger partial charge in [-0.2, -0.15) is 5.26 Å². The van der Waals surface area contributed by atoms with Gasteiger partial charge in [-0.3, -0.25) is 0 Å². The molecule has 1 aromatic rings. The second kappa shape index (κ2) is 5.45. The van der Waals surface area contributed by atoms with Gasteiger partial charge in [-0.15, -0.1) is 0 Å². The van der Waals surface area contributed by atoms with Crippen LogP contribution < -0.4 is 5.32 Å². The van der Waals surface area contributed by atoms with Crippen LogP contribution in [0, 0.1) is 24.2 Å². The molecule has 1 aliphatic rings. The van der Waals surface area contributed by atoms with Crippen molar-refractivity contribution >= 4 is 11.9 Å². The Morgan fingerprint density at radius 1 is 1.50 bits per heavy atom. The molecule has 1 aliphatic carbocycles. The quantitative estimate of drug-likeness (QED) is 0.875. The lowest BCUT2D eigenvalue weighted by Crippen LogP contribution is -2.49. The van der Waals surface area contributed by atoms with Gasteiger partial charge in [0, 0.05) is 5.69 Å². The molecule has 1 aromatic heterocycles. The van der Waals surface area contributed by atoms with E-state index in [-0.39, 0.29) is 11.6 Å². The number of rotatable bonds is 3. The summed E-state index contributed by atoms with van der Waals surface area (Å²) in [7, 11) is 0. The number of hydrogen-bond donors (Lipinski definition) is 2. The molecule has 0 bridgehead atoms. The molecular weight excluding hydrogens is 256 g/mol. The normalized spacial score (nSPS) is 25.8. The Hall–Kier alpha value is -2.16. The van der Waals surface area contributed by atoms with Crippen LogP contribution in [0.4, 0.5) is 5.95 Å². The Morgan fingerprint density at radius 2 is 2.15 bits per heavy atom. The zero-order valence-electron chi connectivity index (χ0n) is 11.7. The summed E-state index contributed by atoms with van der Waals surface area (Å²) in [5, 5.41) is 21.4. The molecule has 0 unspecified atom stereocenters. The topological polar surface area (TPSA) is 98.9 Å². The summed E-state index contributed by atoms with van der Waals surface area (Å²) in [6.45, 7) is 3.88. The number of carboxylic acid groups (broad SMARTS) is 1. The number of nitriles is 1. The Labute approximate surface area is 117 Å². The molecule has 0 amide bonds. The molecule has 2 rings (SSSR count). The minimum Gasteiger partial charge on any atom is -0.480 e. The largest absolute Gasteiger partial charge is 0.480 e. The second-order valence-corrected chi connectivity index (χ2v) is 5.52. The van der Waals surface area contributed by atoms with Crippen LogP contribution in [-0.2, 0) is 4.79 Å². The molecule has 6 nitrogen and oxygen atoms in total. The Morgan fingerprint density at radius 3 is 2.70 bits per heavy atom. The van der Waals surface area contributed by atoms with Crippen molar-refractivity contribution < 1.29 is 9.90 Å². The summed E-state index contributed by atoms with van der Waals surface area (Å²) in [6, 6.07) is 3.53. The number of anilines is 1. The number of carbonyl (C=O) groups is 1. The summed E-state index contributed by atoms with van der Waals surface area (Å²) < 4.78 is 0. The van der Waals surface area contributed by atoms with Crippen LogP contribution in [0.5, 0.6) is 0 Å². The van der Waals surface area contributed by atoms with E-state index in [1.165, 1.54) is 0 Å². The molecule has 0 spiro atoms. The Kier molecular flexibility index (Phi) is 3.89. The van der Waals surface area contributed by atoms with Gasteiger partial charge in [0.05, 0.1) is 0 Å². The fourth-order valence-electron chi connectivity index (χ4n) is 2.54. The lowest BCUT2D eigenvalue weighted by atomic mass is 9.77. The van der Waals surface area contributed by atoms with E-state index in [1.807, 2.05) is 6.07 Å². The van der Waals surface area contributed by atoms with Crippen molar-refractivity contribution in [3.63, 3.8) is 0 Å². The lowest BCUT2D eigenvalue weighted by Gasteiger charge is -2.36. The molecule has 0 saturated heterocycles. The van der Waals surface area contributed by atoms with E-state index < -0.39 is 11.5 Å². The number of aliphatic carboxylic acids is 1. The molecular formula is C14H18N4O2. The number of carboxylic acids is 1. The molecule has 1 heterocycles. The Balaban J connectivity index is 2.27. The minimum atomic E-state index is -1.02. The molecule has 0 aliphatic heterocycles. The summed E-state index contributed by atoms with van der Waals surface area (Å²) in [6.07, 6.45) is 2.80. The second-order valence-electron chi connectivity index (χ2n) is 5.52. The van der Waals surface area contributed by atoms with Crippen molar-refractivity contribution in [2.24, 2.45) is 5.92 Å². The molecule has 106 valence electrons. The molecule has 6 heteroatoms. The highest BCUT2D eigenvalue weighted by Gasteiger charge is 2.41. The summed E-state index contributed by atoms with van der Waals surface area (Å²) in [4.78, 5) is 19.9. The number of aromatic nitrogens is 2. The van der Waals surface area contributed by atoms with Crippen LogP contribution in [0.3, 0.4) is 0 Å². The van der Waals surface area contributed by atoms with Gasteiger partial charge in [-0.25, -0.2) is 14.8 Å². The maximum Gasteiger partial charge on any atom is 0.329 e. The van der Waals surface area contributed by atoms with E-state index >= 15 is 0 Å². The predicted molar refractivity (Wildman–Crippen MR) is 73.1 cm³/mol. The monoisotopic (exact) mass is 274 g/mol. The maximum atomic E-state index is 11.6. The van der Waals surface area contributed by atoms with Crippen LogP contribution in [-0.4, -0.2) is 26.6 Å². The average molecular weight is 274 g/mol. The van der Waals surface area contributed by atoms with Gasteiger partial charge >= 0.3 is 5.97 Å². The lowest BCUT2D eigenvalue weighted by molar-refractivity contribution is -0.143. The summed E-state index contributed by atoms with van der Waals surface area (Å²) in [5.74, 6) is -0.121. The highest BCUT2D eigenvalue weighted by Crippen LogP contribution is 2.34. The van der Waals surface area contributed by atoms with Crippen molar-refractivity contribution in [3.8, 4) is 6.07 Å². The molecule has 1 fully saturated rings. The van der Waals surface area contributed by atoms with Crippen LogP contribution in [0.1, 0.15) is 44.0 Å². The standard InChI is InChI=1S/C14H18N4O2/c1-9-3-5-14(6-4-9,12(19)20)18-13-16-10(2)7-11(8-15)17-13/h7,9H,3-6H2,1-2H3,(H,19,20)(H,16,17,18). The van der Waals surface area contributed by atoms with Gasteiger partial charge in [0.2, 0.25) is 5.95 Å². The van der Waals surface area contributed by atoms with Crippen molar-refractivity contribution in [2.75, 3.05) is 5.32 Å². The van der Waals surface area contributed by atoms with Crippen molar-refractivity contribution in [1.29, 1.82) is 5.26 Å². The van der Waals surface area contributed by atoms with Crippen LogP contribution in [0.2, 0.25) is 0 Å². The van der Waals surface area contributed by atoms with Crippen LogP contribution in [0.25, 0.3) is 0 Å². The van der Waals surface area contributed by atoms with E-state index in [0.717, 1.165) is 12.8 Å². The number of aryl methyl sites for hydroxylation is 1. The summed E-state index contributed by atoms with van der Waals surface area (Å²) in [5.41, 5.74) is -0.138. The van der Waals surface area contributed by atoms with Gasteiger partial charge in [-0.05, 0) is 44.6 Å². The number of hydrogen-bond acceptors (Lipinski definition) is 5. The third-order valence-electron chi connectivity index (χ3n) is 3.86. The van der Waals surface area contributed by atoms with E-state index in [2.05, 4.69) is 22.2 Å². The molecule has 0 atom stereocenters. The van der Waals surface area contributed by atoms with Gasteiger partial charge in [0.15, 0.2) is 0 Å². The number of nitrogens with zero attached hydrogens (tertiary/aromatic N) is 3. The van der Waals surface area contributed by atoms with E-state index in [1.54, 1.807) is 13.0 Å². The van der Waals surface area contributed by atoms with Crippen molar-refractivity contribution in [1.82, 2.24) is 9.97 Å². The average Bonchev–Trinajstić information content (AvgIpc) is 2.40. The summed E-state index contributed by atoms with van der Waals surface area (Å²) >= 11 is 0. The maximum absolute atomic E-state index is 11.6. The Bertz CT molecular complexity index is 557. The number of nitrogens with one attached hydrogen (secondary N) is 1. The first-order chi connectivity index (χ1) is 9.45.